The molecule has 2 aromatic rings. The summed E-state index contributed by atoms with van der Waals surface area (Å²) in [6.45, 7) is 2.43. The van der Waals surface area contributed by atoms with Crippen molar-refractivity contribution < 1.29 is 53.4 Å². The zero-order chi connectivity index (χ0) is 28.2. The monoisotopic (exact) mass is 538 g/mol. The number of esters is 1. The van der Waals surface area contributed by atoms with Gasteiger partial charge in [0, 0.05) is 49.3 Å². The normalized spacial score (nSPS) is 23.5. The summed E-state index contributed by atoms with van der Waals surface area (Å²) in [6, 6.07) is 4.43. The Hall–Kier alpha value is -4.22. The number of carbonyl (C=O) groups excluding carboxylic acids is 4. The van der Waals surface area contributed by atoms with Gasteiger partial charge in [-0.05, 0) is 13.0 Å². The van der Waals surface area contributed by atoms with E-state index in [1.54, 1.807) is 0 Å². The number of allylic oxidation sites excluding steroid dienone is 1. The first-order valence-corrected chi connectivity index (χ1v) is 12.3. The van der Waals surface area contributed by atoms with Crippen LogP contribution in [0.5, 0.6) is 17.2 Å². The first-order valence-electron chi connectivity index (χ1n) is 12.3. The second kappa shape index (κ2) is 9.51. The Morgan fingerprint density at radius 3 is 2.38 bits per heavy atom. The number of carbonyl (C=O) groups is 4. The summed E-state index contributed by atoms with van der Waals surface area (Å²) in [5.74, 6) is -3.40. The molecule has 0 fully saturated rings. The van der Waals surface area contributed by atoms with E-state index in [0.29, 0.717) is 0 Å². The Kier molecular flexibility index (Phi) is 6.44. The third kappa shape index (κ3) is 4.23. The number of ketones is 3. The predicted molar refractivity (Wildman–Crippen MR) is 131 cm³/mol. The Labute approximate surface area is 222 Å². The van der Waals surface area contributed by atoms with Crippen molar-refractivity contribution in [3.8, 4) is 17.2 Å². The van der Waals surface area contributed by atoms with Gasteiger partial charge in [0.05, 0.1) is 29.9 Å². The van der Waals surface area contributed by atoms with Crippen LogP contribution in [0.1, 0.15) is 82.2 Å². The topological polar surface area (TPSA) is 166 Å². The van der Waals surface area contributed by atoms with Gasteiger partial charge in [-0.1, -0.05) is 12.1 Å². The number of aromatic hydroxyl groups is 2. The smallest absolute Gasteiger partial charge is 0.307 e. The molecule has 0 saturated heterocycles. The number of phenolic OH excluding ortho intramolecular Hbond substituents is 2. The van der Waals surface area contributed by atoms with E-state index >= 15 is 0 Å². The summed E-state index contributed by atoms with van der Waals surface area (Å²) >= 11 is 0. The number of rotatable bonds is 5. The maximum atomic E-state index is 13.6. The summed E-state index contributed by atoms with van der Waals surface area (Å²) in [4.78, 5) is 50.8. The highest BCUT2D eigenvalue weighted by molar-refractivity contribution is 6.31. The maximum Gasteiger partial charge on any atom is 0.307 e. The molecule has 2 aliphatic carbocycles. The van der Waals surface area contributed by atoms with Crippen molar-refractivity contribution in [1.29, 1.82) is 0 Å². The number of benzene rings is 2. The van der Waals surface area contributed by atoms with Crippen LogP contribution in [-0.2, 0) is 30.2 Å². The molecule has 2 aromatic carbocycles. The Morgan fingerprint density at radius 1 is 1.05 bits per heavy atom. The van der Waals surface area contributed by atoms with E-state index in [4.69, 9.17) is 18.9 Å². The van der Waals surface area contributed by atoms with Gasteiger partial charge in [0.25, 0.3) is 0 Å². The van der Waals surface area contributed by atoms with E-state index in [1.165, 1.54) is 45.4 Å². The van der Waals surface area contributed by atoms with Crippen molar-refractivity contribution in [3.63, 3.8) is 0 Å². The van der Waals surface area contributed by atoms with E-state index < -0.39 is 70.4 Å². The third-order valence-corrected chi connectivity index (χ3v) is 7.30. The lowest BCUT2D eigenvalue weighted by Crippen LogP contribution is -2.45. The average Bonchev–Trinajstić information content (AvgIpc) is 2.89. The highest BCUT2D eigenvalue weighted by Crippen LogP contribution is 2.52. The molecular weight excluding hydrogens is 512 g/mol. The minimum absolute atomic E-state index is 0.0158. The van der Waals surface area contributed by atoms with Crippen LogP contribution in [0.15, 0.2) is 30.2 Å². The van der Waals surface area contributed by atoms with Gasteiger partial charge in [-0.15, -0.1) is 0 Å². The molecule has 204 valence electrons. The number of aliphatic hydroxyl groups is 1. The fourth-order valence-corrected chi connectivity index (χ4v) is 5.38. The zero-order valence-electron chi connectivity index (χ0n) is 21.4. The highest BCUT2D eigenvalue weighted by Gasteiger charge is 2.48. The Balaban J connectivity index is 1.63. The van der Waals surface area contributed by atoms with Crippen LogP contribution in [0.3, 0.4) is 0 Å². The van der Waals surface area contributed by atoms with Crippen molar-refractivity contribution in [2.24, 2.45) is 0 Å². The lowest BCUT2D eigenvalue weighted by molar-refractivity contribution is -0.179. The lowest BCUT2D eigenvalue weighted by atomic mass is 9.72. The van der Waals surface area contributed by atoms with E-state index in [0.717, 1.165) is 0 Å². The number of fused-ring (bicyclic) bond motifs is 3. The first kappa shape index (κ1) is 26.4. The molecule has 0 amide bonds. The standard InChI is InChI=1S/C28H26O11/c1-12(29)28(35)9-16-21(18(10-28)39-19-8-7-14(11-37-19)38-13(2)30)27(34)23-22(25(16)32)24(31)15-5-4-6-17(36-3)20(15)26(23)33/h4-6,11,18-19,32,34-35H,7-10H2,1-3H3/t18-,19?,28-/m0/s1. The summed E-state index contributed by atoms with van der Waals surface area (Å²) in [5, 5.41) is 34.0. The molecule has 3 N–H and O–H groups in total. The van der Waals surface area contributed by atoms with Crippen LogP contribution in [0, 0.1) is 0 Å². The predicted octanol–water partition coefficient (Wildman–Crippen LogP) is 2.75. The van der Waals surface area contributed by atoms with Gasteiger partial charge in [0.15, 0.2) is 17.9 Å². The third-order valence-electron chi connectivity index (χ3n) is 7.30. The Bertz CT molecular complexity index is 1470. The summed E-state index contributed by atoms with van der Waals surface area (Å²) in [6.07, 6.45) is -1.16. The number of phenols is 2. The zero-order valence-corrected chi connectivity index (χ0v) is 21.4. The van der Waals surface area contributed by atoms with Crippen LogP contribution in [0.25, 0.3) is 0 Å². The van der Waals surface area contributed by atoms with Gasteiger partial charge in [-0.2, -0.15) is 0 Å². The van der Waals surface area contributed by atoms with Crippen LogP contribution in [0.4, 0.5) is 0 Å². The lowest BCUT2D eigenvalue weighted by Gasteiger charge is -2.39. The number of ether oxygens (including phenoxy) is 4. The van der Waals surface area contributed by atoms with Crippen molar-refractivity contribution in [3.05, 3.63) is 63.6 Å². The molecule has 39 heavy (non-hydrogen) atoms. The molecule has 0 bridgehead atoms. The molecule has 0 spiro atoms. The average molecular weight is 539 g/mol. The summed E-state index contributed by atoms with van der Waals surface area (Å²) in [7, 11) is 1.34. The van der Waals surface area contributed by atoms with Gasteiger partial charge in [0.1, 0.15) is 34.9 Å². The molecule has 1 unspecified atom stereocenters. The van der Waals surface area contributed by atoms with Crippen LogP contribution < -0.4 is 4.74 Å². The minimum atomic E-state index is -1.99. The van der Waals surface area contributed by atoms with Gasteiger partial charge >= 0.3 is 5.97 Å². The second-order valence-electron chi connectivity index (χ2n) is 9.76. The van der Waals surface area contributed by atoms with E-state index in [1.807, 2.05) is 0 Å². The van der Waals surface area contributed by atoms with E-state index in [-0.39, 0.29) is 53.0 Å². The molecule has 3 aliphatic rings. The largest absolute Gasteiger partial charge is 0.507 e. The molecule has 3 atom stereocenters. The Morgan fingerprint density at radius 2 is 1.77 bits per heavy atom. The molecule has 0 aromatic heterocycles. The molecule has 0 saturated carbocycles. The second-order valence-corrected chi connectivity index (χ2v) is 9.76. The van der Waals surface area contributed by atoms with Crippen molar-refractivity contribution in [1.82, 2.24) is 0 Å². The first-order chi connectivity index (χ1) is 18.5. The molecule has 11 heteroatoms. The number of hydrogen-bond acceptors (Lipinski definition) is 11. The maximum absolute atomic E-state index is 13.6. The molecule has 5 rings (SSSR count). The molecular formula is C28H26O11. The van der Waals surface area contributed by atoms with Crippen molar-refractivity contribution in [2.75, 3.05) is 7.11 Å². The fourth-order valence-electron chi connectivity index (χ4n) is 5.38. The van der Waals surface area contributed by atoms with Crippen LogP contribution in [-0.4, -0.2) is 57.6 Å². The number of hydrogen-bond donors (Lipinski definition) is 3. The van der Waals surface area contributed by atoms with Crippen LogP contribution in [0.2, 0.25) is 0 Å². The number of methoxy groups -OCH3 is 1. The SMILES string of the molecule is COc1cccc2c1C(=O)c1c(O)c3c(c(O)c1C2=O)C[C@@](O)(C(C)=O)C[C@@H]3OC1CCC(OC(C)=O)=CO1. The summed E-state index contributed by atoms with van der Waals surface area (Å²) in [5.41, 5.74) is -3.03. The number of Topliss-reactive ketones (excluding diaryl/α,β-unsaturated/α-hetero) is 1. The van der Waals surface area contributed by atoms with Crippen molar-refractivity contribution >= 4 is 23.3 Å². The fraction of sp³-hybridized carbons (Fsp3) is 0.357. The van der Waals surface area contributed by atoms with Gasteiger partial charge in [-0.3, -0.25) is 19.2 Å². The van der Waals surface area contributed by atoms with Gasteiger partial charge in [0.2, 0.25) is 5.78 Å². The van der Waals surface area contributed by atoms with E-state index in [2.05, 4.69) is 0 Å². The minimum Gasteiger partial charge on any atom is -0.507 e. The van der Waals surface area contributed by atoms with Crippen molar-refractivity contribution in [2.45, 2.75) is 57.5 Å². The van der Waals surface area contributed by atoms with E-state index in [9.17, 15) is 34.5 Å². The quantitative estimate of drug-likeness (QED) is 0.323. The molecule has 0 radical (unpaired) electrons. The highest BCUT2D eigenvalue weighted by atomic mass is 16.7. The van der Waals surface area contributed by atoms with Gasteiger partial charge < -0.3 is 34.3 Å². The van der Waals surface area contributed by atoms with Crippen LogP contribution >= 0.6 is 0 Å². The molecule has 1 aliphatic heterocycles. The summed E-state index contributed by atoms with van der Waals surface area (Å²) < 4.78 is 21.9. The molecule has 11 nitrogen and oxygen atoms in total. The molecule has 1 heterocycles. The van der Waals surface area contributed by atoms with Gasteiger partial charge in [-0.25, -0.2) is 0 Å².